The van der Waals surface area contributed by atoms with Crippen LogP contribution in [0.25, 0.3) is 11.2 Å². The molecule has 17 nitrogen and oxygen atoms in total. The summed E-state index contributed by atoms with van der Waals surface area (Å²) in [5, 5.41) is 35.4. The Hall–Kier alpha value is -1.75. The number of hydrogen-bond acceptors (Lipinski definition) is 14. The van der Waals surface area contributed by atoms with Gasteiger partial charge in [-0.15, -0.1) is 0 Å². The van der Waals surface area contributed by atoms with Crippen LogP contribution in [-0.4, -0.2) is 78.9 Å². The Bertz CT molecular complexity index is 1310. The number of nitrogens with one attached hydrogen (secondary N) is 1. The third kappa shape index (κ3) is 5.72. The third-order valence-electron chi connectivity index (χ3n) is 7.14. The molecule has 2 aromatic heterocycles. The van der Waals surface area contributed by atoms with Gasteiger partial charge < -0.3 is 45.4 Å². The zero-order valence-electron chi connectivity index (χ0n) is 21.0. The van der Waals surface area contributed by atoms with E-state index >= 15 is 0 Å². The van der Waals surface area contributed by atoms with E-state index in [0.29, 0.717) is 6.54 Å². The van der Waals surface area contributed by atoms with Crippen LogP contribution in [0.4, 0.5) is 11.8 Å². The number of rotatable bonds is 4. The Morgan fingerprint density at radius 3 is 2.74 bits per heavy atom. The molecule has 1 saturated heterocycles. The predicted octanol–water partition coefficient (Wildman–Crippen LogP) is -0.924. The van der Waals surface area contributed by atoms with Crippen molar-refractivity contribution in [1.82, 2.24) is 14.5 Å². The number of anilines is 2. The minimum absolute atomic E-state index is 0.155. The van der Waals surface area contributed by atoms with E-state index in [-0.39, 0.29) is 35.8 Å². The largest absolute Gasteiger partial charge is 0.756 e. The van der Waals surface area contributed by atoms with E-state index in [9.17, 15) is 34.2 Å². The average Bonchev–Trinajstić information content (AvgIpc) is 3.50. The van der Waals surface area contributed by atoms with E-state index in [0.717, 1.165) is 12.8 Å². The van der Waals surface area contributed by atoms with Crippen molar-refractivity contribution in [2.45, 2.75) is 69.3 Å². The van der Waals surface area contributed by atoms with Crippen LogP contribution >= 0.6 is 15.6 Å². The number of ether oxygens (including phenoxy) is 1. The summed E-state index contributed by atoms with van der Waals surface area (Å²) in [6.45, 7) is 1.29. The van der Waals surface area contributed by atoms with Crippen molar-refractivity contribution in [3.63, 3.8) is 0 Å². The van der Waals surface area contributed by atoms with Crippen LogP contribution in [0.2, 0.25) is 0 Å². The van der Waals surface area contributed by atoms with Crippen LogP contribution in [-0.2, 0) is 27.2 Å². The minimum atomic E-state index is -5.31. The number of aliphatic hydroxyl groups excluding tert-OH is 3. The molecule has 1 aliphatic carbocycles. The molecule has 6 rings (SSSR count). The van der Waals surface area contributed by atoms with Gasteiger partial charge in [0, 0.05) is 6.54 Å². The van der Waals surface area contributed by atoms with E-state index in [1.807, 2.05) is 6.92 Å². The molecule has 8 bridgehead atoms. The molecule has 9 atom stereocenters. The number of hydrogen-bond donors (Lipinski definition) is 6. The van der Waals surface area contributed by atoms with Gasteiger partial charge >= 0.3 is 7.82 Å². The Balaban J connectivity index is 1.60. The first-order valence-corrected chi connectivity index (χ1v) is 15.5. The standard InChI is InChI=1S/C20H32N6O11P2/c1-2-3-4-22-20-24-14-17(21)25-9-23-18(14)26(20)19-16(29)15(28)13(36-19)8-35-39(32,33)37-38(30,31)34-7-10-5-11(25)12(27)6-10/h9-13,15-16,19,21,27-29H,2-8H2,1H3,(H3,22,24,30,31,32,33)/t10-,11+,12+,13+,15+,16+,19+/m0/s1. The molecule has 3 aliphatic heterocycles. The number of fused-ring (bicyclic) bond motifs is 7. The smallest absolute Gasteiger partial charge is 0.478 e. The van der Waals surface area contributed by atoms with Gasteiger partial charge in [0.1, 0.15) is 24.4 Å². The number of unbranched alkanes of at least 4 members (excludes halogenated alkanes) is 1. The molecule has 2 unspecified atom stereocenters. The first-order chi connectivity index (χ1) is 18.4. The monoisotopic (exact) mass is 594 g/mol. The zero-order valence-corrected chi connectivity index (χ0v) is 22.8. The highest BCUT2D eigenvalue weighted by atomic mass is 31.3. The van der Waals surface area contributed by atoms with Gasteiger partial charge in [0.2, 0.25) is 17.9 Å². The summed E-state index contributed by atoms with van der Waals surface area (Å²) in [5.41, 5.74) is 6.95. The Morgan fingerprint density at radius 2 is 2.00 bits per heavy atom. The second-order valence-corrected chi connectivity index (χ2v) is 12.9. The quantitative estimate of drug-likeness (QED) is 0.142. The lowest BCUT2D eigenvalue weighted by atomic mass is 10.1. The third-order valence-corrected chi connectivity index (χ3v) is 9.71. The molecule has 39 heavy (non-hydrogen) atoms. The number of nitrogens with zero attached hydrogens (tertiary/aromatic N) is 4. The summed E-state index contributed by atoms with van der Waals surface area (Å²) in [6, 6.07) is -0.602. The first-order valence-electron chi connectivity index (χ1n) is 12.6. The molecule has 5 heterocycles. The molecule has 1 saturated carbocycles. The lowest BCUT2D eigenvalue weighted by Crippen LogP contribution is -2.46. The van der Waals surface area contributed by atoms with Crippen molar-refractivity contribution in [1.29, 1.82) is 0 Å². The van der Waals surface area contributed by atoms with E-state index in [1.165, 1.54) is 15.5 Å². The number of phosphoric ester groups is 2. The Labute approximate surface area is 222 Å². The molecule has 7 N–H and O–H groups in total. The Morgan fingerprint density at radius 1 is 1.23 bits per heavy atom. The molecule has 0 amide bonds. The highest BCUT2D eigenvalue weighted by Gasteiger charge is 2.48. The van der Waals surface area contributed by atoms with Crippen molar-refractivity contribution in [2.24, 2.45) is 5.92 Å². The maximum absolute atomic E-state index is 12.3. The van der Waals surface area contributed by atoms with Crippen LogP contribution in [0.5, 0.6) is 0 Å². The fraction of sp³-hybridized carbons (Fsp3) is 0.750. The average molecular weight is 594 g/mol. The van der Waals surface area contributed by atoms with Crippen molar-refractivity contribution in [3.8, 4) is 0 Å². The van der Waals surface area contributed by atoms with Crippen molar-refractivity contribution in [3.05, 3.63) is 6.33 Å². The van der Waals surface area contributed by atoms with Crippen LogP contribution in [0.15, 0.2) is 6.33 Å². The lowest BCUT2D eigenvalue weighted by Gasteiger charge is -2.26. The zero-order chi connectivity index (χ0) is 28.1. The molecule has 2 aromatic rings. The van der Waals surface area contributed by atoms with Gasteiger partial charge in [-0.1, -0.05) is 18.3 Å². The molecule has 0 spiro atoms. The van der Waals surface area contributed by atoms with Crippen molar-refractivity contribution in [2.75, 3.05) is 30.8 Å². The van der Waals surface area contributed by atoms with Crippen molar-refractivity contribution < 1.29 is 56.9 Å². The van der Waals surface area contributed by atoms with E-state index < -0.39 is 71.5 Å². The van der Waals surface area contributed by atoms with E-state index in [2.05, 4.69) is 19.6 Å². The van der Waals surface area contributed by atoms with Crippen molar-refractivity contribution >= 4 is 38.6 Å². The van der Waals surface area contributed by atoms with Gasteiger partial charge in [-0.2, -0.15) is 0 Å². The summed E-state index contributed by atoms with van der Waals surface area (Å²) < 4.78 is 47.1. The summed E-state index contributed by atoms with van der Waals surface area (Å²) in [5.74, 6) is -0.0569. The van der Waals surface area contributed by atoms with Crippen LogP contribution in [0.1, 0.15) is 44.9 Å². The van der Waals surface area contributed by atoms with Gasteiger partial charge in [0.05, 0.1) is 19.3 Å². The number of nitrogens with two attached hydrogens (primary N) is 1. The summed E-state index contributed by atoms with van der Waals surface area (Å²) in [4.78, 5) is 31.3. The van der Waals surface area contributed by atoms with Gasteiger partial charge in [0.25, 0.3) is 13.6 Å². The SMILES string of the molecule is CCCCNc1nc2c(N)[n+]3cnc2n1[C@@H]1O[C@H](COP(=O)(O)OP(=O)([O-])OC[C@@H]2C[C@@H](O)[C@H]3C2)[C@@H](O)[C@H]1O. The summed E-state index contributed by atoms with van der Waals surface area (Å²) in [7, 11) is -10.5. The highest BCUT2D eigenvalue weighted by Crippen LogP contribution is 2.58. The predicted molar refractivity (Wildman–Crippen MR) is 130 cm³/mol. The number of aromatic nitrogens is 4. The van der Waals surface area contributed by atoms with E-state index in [4.69, 9.17) is 19.5 Å². The summed E-state index contributed by atoms with van der Waals surface area (Å²) in [6.07, 6.45) is -3.25. The second-order valence-electron chi connectivity index (χ2n) is 9.90. The van der Waals surface area contributed by atoms with Crippen LogP contribution in [0, 0.1) is 5.92 Å². The van der Waals surface area contributed by atoms with Gasteiger partial charge in [0.15, 0.2) is 11.7 Å². The number of nitrogen functional groups attached to an aromatic ring is 1. The topological polar surface area (TPSA) is 248 Å². The lowest BCUT2D eigenvalue weighted by molar-refractivity contribution is -0.716. The maximum Gasteiger partial charge on any atom is 0.478 e. The fourth-order valence-electron chi connectivity index (χ4n) is 5.17. The second kappa shape index (κ2) is 10.9. The highest BCUT2D eigenvalue weighted by molar-refractivity contribution is 7.60. The molecule has 0 radical (unpaired) electrons. The Kier molecular flexibility index (Phi) is 8.05. The molecule has 2 fully saturated rings. The minimum Gasteiger partial charge on any atom is -0.756 e. The fourth-order valence-corrected chi connectivity index (χ4v) is 7.29. The van der Waals surface area contributed by atoms with Crippen LogP contribution in [0.3, 0.4) is 0 Å². The van der Waals surface area contributed by atoms with Gasteiger partial charge in [-0.25, -0.2) is 18.4 Å². The number of aliphatic hydroxyl groups is 3. The summed E-state index contributed by atoms with van der Waals surface area (Å²) >= 11 is 0. The molecule has 0 aromatic carbocycles. The van der Waals surface area contributed by atoms with Gasteiger partial charge in [-0.3, -0.25) is 13.7 Å². The molecule has 4 aliphatic rings. The molecular weight excluding hydrogens is 562 g/mol. The molecule has 218 valence electrons. The maximum atomic E-state index is 12.3. The van der Waals surface area contributed by atoms with Gasteiger partial charge in [-0.05, 0) is 25.2 Å². The van der Waals surface area contributed by atoms with Crippen LogP contribution < -0.4 is 20.5 Å². The van der Waals surface area contributed by atoms with E-state index in [1.54, 1.807) is 0 Å². The number of imidazole rings is 1. The first kappa shape index (κ1) is 28.8. The molecule has 19 heteroatoms. The number of phosphoric acid groups is 2. The molecular formula is C20H32N6O11P2. The normalized spacial score (nSPS) is 39.3.